The Hall–Kier alpha value is -4.20. The first-order valence-corrected chi connectivity index (χ1v) is 9.41. The van der Waals surface area contributed by atoms with Gasteiger partial charge in [-0.2, -0.15) is 0 Å². The summed E-state index contributed by atoms with van der Waals surface area (Å²) in [6.07, 6.45) is 3.22. The van der Waals surface area contributed by atoms with E-state index in [-0.39, 0.29) is 11.6 Å². The van der Waals surface area contributed by atoms with Crippen LogP contribution in [0.3, 0.4) is 0 Å². The van der Waals surface area contributed by atoms with Crippen LogP contribution in [-0.2, 0) is 0 Å². The zero-order valence-electron chi connectivity index (χ0n) is 15.8. The molecule has 30 heavy (non-hydrogen) atoms. The predicted molar refractivity (Wildman–Crippen MR) is 112 cm³/mol. The highest BCUT2D eigenvalue weighted by molar-refractivity contribution is 6.07. The lowest BCUT2D eigenvalue weighted by Crippen LogP contribution is -2.16. The van der Waals surface area contributed by atoms with Crippen LogP contribution < -0.4 is 20.1 Å². The molecule has 1 aliphatic rings. The number of fused-ring (bicyclic) bond motifs is 2. The van der Waals surface area contributed by atoms with Crippen molar-refractivity contribution in [3.05, 3.63) is 72.7 Å². The second kappa shape index (κ2) is 7.67. The van der Waals surface area contributed by atoms with Gasteiger partial charge in [0.05, 0.1) is 11.2 Å². The molecule has 0 fully saturated rings. The Morgan fingerprint density at radius 3 is 2.70 bits per heavy atom. The van der Waals surface area contributed by atoms with E-state index < -0.39 is 0 Å². The molecule has 0 saturated heterocycles. The summed E-state index contributed by atoms with van der Waals surface area (Å²) in [5.74, 6) is 1.31. The lowest BCUT2D eigenvalue weighted by atomic mass is 10.2. The topological polar surface area (TPSA) is 98.3 Å². The fourth-order valence-electron chi connectivity index (χ4n) is 3.19. The zero-order valence-corrected chi connectivity index (χ0v) is 15.8. The number of benzene rings is 2. The minimum atomic E-state index is -0.347. The molecule has 0 bridgehead atoms. The standard InChI is InChI=1S/C22H17N5O3/c28-21(26-16-5-1-3-14-4-2-9-23-20(14)16)17-8-10-24-22(27-17)25-15-6-7-18-19(13-15)30-12-11-29-18/h1-10,13H,11-12H2,(H,26,28)(H,24,25,27). The van der Waals surface area contributed by atoms with E-state index in [0.29, 0.717) is 36.3 Å². The molecule has 1 aliphatic heterocycles. The largest absolute Gasteiger partial charge is 0.486 e. The van der Waals surface area contributed by atoms with E-state index in [0.717, 1.165) is 16.6 Å². The number of nitrogens with zero attached hydrogens (tertiary/aromatic N) is 3. The van der Waals surface area contributed by atoms with Gasteiger partial charge in [0.2, 0.25) is 5.95 Å². The first-order chi connectivity index (χ1) is 14.8. The molecule has 2 aromatic carbocycles. The first-order valence-electron chi connectivity index (χ1n) is 9.41. The minimum Gasteiger partial charge on any atom is -0.486 e. The van der Waals surface area contributed by atoms with Crippen molar-refractivity contribution in [1.29, 1.82) is 0 Å². The molecule has 0 saturated carbocycles. The lowest BCUT2D eigenvalue weighted by molar-refractivity contribution is 0.102. The van der Waals surface area contributed by atoms with Crippen LogP contribution in [0.1, 0.15) is 10.5 Å². The number of aromatic nitrogens is 3. The molecule has 8 heteroatoms. The van der Waals surface area contributed by atoms with Crippen LogP contribution in [-0.4, -0.2) is 34.1 Å². The molecule has 3 heterocycles. The first kappa shape index (κ1) is 17.9. The molecule has 5 rings (SSSR count). The van der Waals surface area contributed by atoms with E-state index in [2.05, 4.69) is 25.6 Å². The summed E-state index contributed by atoms with van der Waals surface area (Å²) in [7, 11) is 0. The van der Waals surface area contributed by atoms with E-state index in [9.17, 15) is 4.79 Å². The summed E-state index contributed by atoms with van der Waals surface area (Å²) >= 11 is 0. The van der Waals surface area contributed by atoms with Crippen LogP contribution in [0.2, 0.25) is 0 Å². The van der Waals surface area contributed by atoms with Gasteiger partial charge in [0, 0.05) is 29.5 Å². The summed E-state index contributed by atoms with van der Waals surface area (Å²) < 4.78 is 11.1. The number of carbonyl (C=O) groups excluding carboxylic acids is 1. The van der Waals surface area contributed by atoms with Gasteiger partial charge < -0.3 is 20.1 Å². The Kier molecular flexibility index (Phi) is 4.57. The van der Waals surface area contributed by atoms with Crippen LogP contribution in [0.5, 0.6) is 11.5 Å². The Morgan fingerprint density at radius 1 is 0.900 bits per heavy atom. The quantitative estimate of drug-likeness (QED) is 0.539. The molecular weight excluding hydrogens is 382 g/mol. The smallest absolute Gasteiger partial charge is 0.274 e. The molecule has 0 spiro atoms. The highest BCUT2D eigenvalue weighted by Gasteiger charge is 2.14. The molecule has 0 atom stereocenters. The van der Waals surface area contributed by atoms with Crippen LogP contribution in [0.25, 0.3) is 10.9 Å². The second-order valence-electron chi connectivity index (χ2n) is 6.58. The number of para-hydroxylation sites is 1. The molecule has 2 aromatic heterocycles. The third kappa shape index (κ3) is 3.58. The highest BCUT2D eigenvalue weighted by Crippen LogP contribution is 2.33. The van der Waals surface area contributed by atoms with Crippen molar-refractivity contribution in [2.75, 3.05) is 23.8 Å². The van der Waals surface area contributed by atoms with Crippen molar-refractivity contribution >= 4 is 34.1 Å². The molecule has 1 amide bonds. The normalized spacial score (nSPS) is 12.4. The van der Waals surface area contributed by atoms with Gasteiger partial charge in [0.25, 0.3) is 5.91 Å². The number of pyridine rings is 1. The third-order valence-electron chi connectivity index (χ3n) is 4.57. The summed E-state index contributed by atoms with van der Waals surface area (Å²) in [6, 6.07) is 16.4. The third-order valence-corrected chi connectivity index (χ3v) is 4.57. The Labute approximate surface area is 171 Å². The minimum absolute atomic E-state index is 0.234. The van der Waals surface area contributed by atoms with Gasteiger partial charge in [-0.1, -0.05) is 18.2 Å². The molecule has 148 valence electrons. The summed E-state index contributed by atoms with van der Waals surface area (Å²) in [5.41, 5.74) is 2.31. The Balaban J connectivity index is 1.36. The molecular formula is C22H17N5O3. The summed E-state index contributed by atoms with van der Waals surface area (Å²) in [6.45, 7) is 1.04. The zero-order chi connectivity index (χ0) is 20.3. The Morgan fingerprint density at radius 2 is 1.77 bits per heavy atom. The fraction of sp³-hybridized carbons (Fsp3) is 0.0909. The molecule has 0 aliphatic carbocycles. The van der Waals surface area contributed by atoms with Crippen molar-refractivity contribution in [2.45, 2.75) is 0 Å². The number of hydrogen-bond donors (Lipinski definition) is 2. The number of hydrogen-bond acceptors (Lipinski definition) is 7. The van der Waals surface area contributed by atoms with Gasteiger partial charge in [0.1, 0.15) is 18.9 Å². The van der Waals surface area contributed by atoms with Gasteiger partial charge >= 0.3 is 0 Å². The molecule has 4 aromatic rings. The van der Waals surface area contributed by atoms with Gasteiger partial charge in [-0.25, -0.2) is 9.97 Å². The number of anilines is 3. The van der Waals surface area contributed by atoms with Crippen molar-refractivity contribution in [3.63, 3.8) is 0 Å². The molecule has 8 nitrogen and oxygen atoms in total. The number of nitrogens with one attached hydrogen (secondary N) is 2. The fourth-order valence-corrected chi connectivity index (χ4v) is 3.19. The number of ether oxygens (including phenoxy) is 2. The Bertz CT molecular complexity index is 1240. The SMILES string of the molecule is O=C(Nc1cccc2cccnc12)c1ccnc(Nc2ccc3c(c2)OCCO3)n1. The van der Waals surface area contributed by atoms with Crippen molar-refractivity contribution in [1.82, 2.24) is 15.0 Å². The van der Waals surface area contributed by atoms with Crippen LogP contribution in [0.4, 0.5) is 17.3 Å². The van der Waals surface area contributed by atoms with Crippen LogP contribution in [0, 0.1) is 0 Å². The maximum atomic E-state index is 12.8. The molecule has 0 radical (unpaired) electrons. The van der Waals surface area contributed by atoms with Crippen molar-refractivity contribution < 1.29 is 14.3 Å². The maximum absolute atomic E-state index is 12.8. The van der Waals surface area contributed by atoms with E-state index in [4.69, 9.17) is 9.47 Å². The van der Waals surface area contributed by atoms with Gasteiger partial charge in [-0.3, -0.25) is 9.78 Å². The second-order valence-corrected chi connectivity index (χ2v) is 6.58. The van der Waals surface area contributed by atoms with Gasteiger partial charge in [-0.15, -0.1) is 0 Å². The van der Waals surface area contributed by atoms with Crippen LogP contribution in [0.15, 0.2) is 67.0 Å². The highest BCUT2D eigenvalue weighted by atomic mass is 16.6. The number of amides is 1. The monoisotopic (exact) mass is 399 g/mol. The summed E-state index contributed by atoms with van der Waals surface area (Å²) in [4.78, 5) is 25.6. The van der Waals surface area contributed by atoms with E-state index in [1.165, 1.54) is 6.20 Å². The summed E-state index contributed by atoms with van der Waals surface area (Å²) in [5, 5.41) is 6.91. The average Bonchev–Trinajstić information content (AvgIpc) is 2.79. The number of rotatable bonds is 4. The van der Waals surface area contributed by atoms with E-state index in [1.807, 2.05) is 48.5 Å². The van der Waals surface area contributed by atoms with Crippen LogP contribution >= 0.6 is 0 Å². The lowest BCUT2D eigenvalue weighted by Gasteiger charge is -2.19. The van der Waals surface area contributed by atoms with Crippen molar-refractivity contribution in [2.24, 2.45) is 0 Å². The maximum Gasteiger partial charge on any atom is 0.274 e. The molecule has 0 unspecified atom stereocenters. The average molecular weight is 399 g/mol. The predicted octanol–water partition coefficient (Wildman–Crippen LogP) is 3.79. The number of carbonyl (C=O) groups is 1. The van der Waals surface area contributed by atoms with E-state index >= 15 is 0 Å². The van der Waals surface area contributed by atoms with Crippen molar-refractivity contribution in [3.8, 4) is 11.5 Å². The van der Waals surface area contributed by atoms with E-state index in [1.54, 1.807) is 12.3 Å². The van der Waals surface area contributed by atoms with Gasteiger partial charge in [-0.05, 0) is 30.3 Å². The molecule has 2 N–H and O–H groups in total. The van der Waals surface area contributed by atoms with Gasteiger partial charge in [0.15, 0.2) is 11.5 Å².